The number of amides is 2. The summed E-state index contributed by atoms with van der Waals surface area (Å²) in [7, 11) is 0. The lowest BCUT2D eigenvalue weighted by atomic mass is 10.2. The Labute approximate surface area is 154 Å². The van der Waals surface area contributed by atoms with E-state index < -0.39 is 0 Å². The number of anilines is 1. The molecule has 0 spiro atoms. The minimum Gasteiger partial charge on any atom is -0.454 e. The van der Waals surface area contributed by atoms with Crippen LogP contribution in [0.3, 0.4) is 0 Å². The number of hydrogen-bond donors (Lipinski definition) is 2. The van der Waals surface area contributed by atoms with Crippen LogP contribution in [0.1, 0.15) is 10.4 Å². The molecule has 8 nitrogen and oxygen atoms in total. The van der Waals surface area contributed by atoms with Crippen molar-refractivity contribution in [1.29, 1.82) is 0 Å². The van der Waals surface area contributed by atoms with Crippen molar-refractivity contribution < 1.29 is 19.1 Å². The Balaban J connectivity index is 1.32. The van der Waals surface area contributed by atoms with E-state index in [2.05, 4.69) is 15.7 Å². The zero-order valence-electron chi connectivity index (χ0n) is 14.2. The predicted molar refractivity (Wildman–Crippen MR) is 97.1 cm³/mol. The van der Waals surface area contributed by atoms with Gasteiger partial charge in [-0.2, -0.15) is 5.10 Å². The van der Waals surface area contributed by atoms with Gasteiger partial charge in [-0.15, -0.1) is 0 Å². The lowest BCUT2D eigenvalue weighted by Gasteiger charge is -2.06. The molecule has 2 aromatic carbocycles. The van der Waals surface area contributed by atoms with Crippen LogP contribution < -0.4 is 20.1 Å². The largest absolute Gasteiger partial charge is 0.454 e. The predicted octanol–water partition coefficient (Wildman–Crippen LogP) is 1.97. The van der Waals surface area contributed by atoms with E-state index in [1.807, 2.05) is 30.3 Å². The van der Waals surface area contributed by atoms with Crippen molar-refractivity contribution in [2.24, 2.45) is 0 Å². The van der Waals surface area contributed by atoms with Gasteiger partial charge in [0.1, 0.15) is 0 Å². The minimum atomic E-state index is -0.372. The number of benzene rings is 2. The summed E-state index contributed by atoms with van der Waals surface area (Å²) >= 11 is 0. The number of rotatable bonds is 5. The molecule has 1 aliphatic heterocycles. The van der Waals surface area contributed by atoms with Gasteiger partial charge in [-0.25, -0.2) is 4.68 Å². The Morgan fingerprint density at radius 3 is 2.74 bits per heavy atom. The third-order valence-electron chi connectivity index (χ3n) is 3.93. The molecule has 1 aliphatic rings. The second-order valence-corrected chi connectivity index (χ2v) is 5.81. The quantitative estimate of drug-likeness (QED) is 0.722. The van der Waals surface area contributed by atoms with Crippen LogP contribution in [0.5, 0.6) is 11.5 Å². The fraction of sp³-hybridized carbons (Fsp3) is 0.105. The van der Waals surface area contributed by atoms with Crippen molar-refractivity contribution in [3.05, 3.63) is 66.5 Å². The Bertz CT molecular complexity index is 984. The molecule has 27 heavy (non-hydrogen) atoms. The second-order valence-electron chi connectivity index (χ2n) is 5.81. The van der Waals surface area contributed by atoms with Gasteiger partial charge in [0.05, 0.1) is 30.3 Å². The molecule has 1 aromatic heterocycles. The van der Waals surface area contributed by atoms with Crippen LogP contribution in [0.2, 0.25) is 0 Å². The summed E-state index contributed by atoms with van der Waals surface area (Å²) in [6.45, 7) is -0.0245. The van der Waals surface area contributed by atoms with Gasteiger partial charge in [0.25, 0.3) is 5.91 Å². The maximum absolute atomic E-state index is 12.2. The normalized spacial score (nSPS) is 11.9. The molecule has 2 heterocycles. The average Bonchev–Trinajstić information content (AvgIpc) is 3.35. The topological polar surface area (TPSA) is 94.5 Å². The van der Waals surface area contributed by atoms with E-state index >= 15 is 0 Å². The molecular formula is C19H16N4O4. The molecule has 2 amide bonds. The number of hydrogen-bond acceptors (Lipinski definition) is 5. The molecular weight excluding hydrogens is 348 g/mol. The maximum atomic E-state index is 12.2. The summed E-state index contributed by atoms with van der Waals surface area (Å²) in [4.78, 5) is 24.3. The highest BCUT2D eigenvalue weighted by Crippen LogP contribution is 2.32. The number of nitrogens with one attached hydrogen (secondary N) is 2. The van der Waals surface area contributed by atoms with Gasteiger partial charge in [-0.3, -0.25) is 9.59 Å². The SMILES string of the molecule is O=C(CNC(=O)c1ccc2c(c1)OCO2)Nc1cnn(-c2ccccc2)c1. The van der Waals surface area contributed by atoms with E-state index in [1.165, 1.54) is 0 Å². The van der Waals surface area contributed by atoms with Crippen molar-refractivity contribution in [2.75, 3.05) is 18.7 Å². The van der Waals surface area contributed by atoms with Crippen LogP contribution in [-0.4, -0.2) is 34.9 Å². The molecule has 4 rings (SSSR count). The van der Waals surface area contributed by atoms with Gasteiger partial charge in [0, 0.05) is 5.56 Å². The molecule has 136 valence electrons. The average molecular weight is 364 g/mol. The first-order valence-corrected chi connectivity index (χ1v) is 8.27. The summed E-state index contributed by atoms with van der Waals surface area (Å²) in [5.41, 5.74) is 1.82. The zero-order chi connectivity index (χ0) is 18.6. The number of aromatic nitrogens is 2. The molecule has 0 fully saturated rings. The lowest BCUT2D eigenvalue weighted by molar-refractivity contribution is -0.115. The highest BCUT2D eigenvalue weighted by atomic mass is 16.7. The molecule has 0 atom stereocenters. The first kappa shape index (κ1) is 16.6. The van der Waals surface area contributed by atoms with Gasteiger partial charge in [0.2, 0.25) is 12.7 Å². The van der Waals surface area contributed by atoms with E-state index in [4.69, 9.17) is 9.47 Å². The van der Waals surface area contributed by atoms with Crippen molar-refractivity contribution in [1.82, 2.24) is 15.1 Å². The van der Waals surface area contributed by atoms with Crippen LogP contribution in [-0.2, 0) is 4.79 Å². The first-order valence-electron chi connectivity index (χ1n) is 8.27. The number of fused-ring (bicyclic) bond motifs is 1. The van der Waals surface area contributed by atoms with Crippen molar-refractivity contribution in [3.63, 3.8) is 0 Å². The third-order valence-corrected chi connectivity index (χ3v) is 3.93. The van der Waals surface area contributed by atoms with Crippen LogP contribution >= 0.6 is 0 Å². The fourth-order valence-corrected chi connectivity index (χ4v) is 2.61. The molecule has 0 unspecified atom stereocenters. The Hall–Kier alpha value is -3.81. The van der Waals surface area contributed by atoms with E-state index in [0.717, 1.165) is 5.69 Å². The van der Waals surface area contributed by atoms with Crippen molar-refractivity contribution in [2.45, 2.75) is 0 Å². The molecule has 0 radical (unpaired) electrons. The number of ether oxygens (including phenoxy) is 2. The maximum Gasteiger partial charge on any atom is 0.251 e. The lowest BCUT2D eigenvalue weighted by Crippen LogP contribution is -2.32. The Kier molecular flexibility index (Phi) is 4.44. The van der Waals surface area contributed by atoms with Crippen LogP contribution in [0.4, 0.5) is 5.69 Å². The highest BCUT2D eigenvalue weighted by Gasteiger charge is 2.16. The van der Waals surface area contributed by atoms with Gasteiger partial charge in [-0.05, 0) is 30.3 Å². The molecule has 0 bridgehead atoms. The summed E-state index contributed by atoms with van der Waals surface area (Å²) in [6.07, 6.45) is 3.25. The molecule has 0 saturated heterocycles. The number of carbonyl (C=O) groups excluding carboxylic acids is 2. The molecule has 0 saturated carbocycles. The van der Waals surface area contributed by atoms with Crippen LogP contribution in [0, 0.1) is 0 Å². The second kappa shape index (κ2) is 7.20. The summed E-state index contributed by atoms with van der Waals surface area (Å²) < 4.78 is 12.1. The van der Waals surface area contributed by atoms with Gasteiger partial charge in [-0.1, -0.05) is 18.2 Å². The standard InChI is InChI=1S/C19H16N4O4/c24-18(22-14-9-21-23(11-14)15-4-2-1-3-5-15)10-20-19(25)13-6-7-16-17(8-13)27-12-26-16/h1-9,11H,10,12H2,(H,20,25)(H,22,24). The minimum absolute atomic E-state index is 0.138. The van der Waals surface area contributed by atoms with Crippen molar-refractivity contribution in [3.8, 4) is 17.2 Å². The smallest absolute Gasteiger partial charge is 0.251 e. The van der Waals surface area contributed by atoms with E-state index in [9.17, 15) is 9.59 Å². The number of nitrogens with zero attached hydrogens (tertiary/aromatic N) is 2. The number of para-hydroxylation sites is 1. The van der Waals surface area contributed by atoms with E-state index in [0.29, 0.717) is 22.7 Å². The Morgan fingerprint density at radius 1 is 1.07 bits per heavy atom. The molecule has 2 N–H and O–H groups in total. The van der Waals surface area contributed by atoms with Gasteiger partial charge in [0.15, 0.2) is 11.5 Å². The van der Waals surface area contributed by atoms with Gasteiger partial charge < -0.3 is 20.1 Å². The van der Waals surface area contributed by atoms with Crippen LogP contribution in [0.15, 0.2) is 60.9 Å². The molecule has 0 aliphatic carbocycles. The Morgan fingerprint density at radius 2 is 1.89 bits per heavy atom. The monoisotopic (exact) mass is 364 g/mol. The summed E-state index contributed by atoms with van der Waals surface area (Å²) in [6, 6.07) is 14.4. The van der Waals surface area contributed by atoms with Crippen molar-refractivity contribution >= 4 is 17.5 Å². The summed E-state index contributed by atoms with van der Waals surface area (Å²) in [5, 5.41) is 9.48. The van der Waals surface area contributed by atoms with Gasteiger partial charge >= 0.3 is 0 Å². The van der Waals surface area contributed by atoms with Crippen LogP contribution in [0.25, 0.3) is 5.69 Å². The fourth-order valence-electron chi connectivity index (χ4n) is 2.61. The molecule has 3 aromatic rings. The summed E-state index contributed by atoms with van der Waals surface area (Å²) in [5.74, 6) is 0.389. The third kappa shape index (κ3) is 3.74. The first-order chi connectivity index (χ1) is 13.2. The van der Waals surface area contributed by atoms with E-state index in [-0.39, 0.29) is 25.2 Å². The number of carbonyl (C=O) groups is 2. The molecule has 8 heteroatoms. The zero-order valence-corrected chi connectivity index (χ0v) is 14.2. The highest BCUT2D eigenvalue weighted by molar-refractivity contribution is 5.99. The van der Waals surface area contributed by atoms with E-state index in [1.54, 1.807) is 35.3 Å².